The SMILES string of the molecule is CCc1cnc(N2CCC(COc3c(F)cc(-c4cccc(-c5nnn(C)n5)c4)cc3F)CC2)c(CC)c1. The molecular formula is C29H32F2N6O. The molecule has 9 heteroatoms. The second kappa shape index (κ2) is 11.2. The Labute approximate surface area is 221 Å². The van der Waals surface area contributed by atoms with Crippen LogP contribution in [0, 0.1) is 17.6 Å². The average molecular weight is 519 g/mol. The number of nitrogens with zero attached hydrogens (tertiary/aromatic N) is 6. The summed E-state index contributed by atoms with van der Waals surface area (Å²) in [4.78, 5) is 8.40. The largest absolute Gasteiger partial charge is 0.487 e. The first-order valence-electron chi connectivity index (χ1n) is 13.1. The summed E-state index contributed by atoms with van der Waals surface area (Å²) in [5, 5.41) is 12.0. The monoisotopic (exact) mass is 518 g/mol. The minimum absolute atomic E-state index is 0.223. The van der Waals surface area contributed by atoms with E-state index in [9.17, 15) is 8.78 Å². The Kier molecular flexibility index (Phi) is 7.62. The maximum atomic E-state index is 15.0. The number of hydrogen-bond acceptors (Lipinski definition) is 6. The van der Waals surface area contributed by atoms with Crippen LogP contribution in [0.3, 0.4) is 0 Å². The number of hydrogen-bond donors (Lipinski definition) is 0. The molecule has 0 atom stereocenters. The normalized spacial score (nSPS) is 14.2. The molecule has 1 aliphatic rings. The molecule has 2 aromatic carbocycles. The van der Waals surface area contributed by atoms with Crippen molar-refractivity contribution in [2.24, 2.45) is 13.0 Å². The molecule has 4 aromatic rings. The average Bonchev–Trinajstić information content (AvgIpc) is 3.39. The highest BCUT2D eigenvalue weighted by molar-refractivity contribution is 5.70. The quantitative estimate of drug-likeness (QED) is 0.301. The van der Waals surface area contributed by atoms with Crippen LogP contribution in [0.5, 0.6) is 5.75 Å². The smallest absolute Gasteiger partial charge is 0.204 e. The van der Waals surface area contributed by atoms with Crippen LogP contribution in [0.2, 0.25) is 0 Å². The first kappa shape index (κ1) is 25.8. The van der Waals surface area contributed by atoms with Crippen molar-refractivity contribution in [1.29, 1.82) is 0 Å². The Morgan fingerprint density at radius 2 is 1.68 bits per heavy atom. The van der Waals surface area contributed by atoms with E-state index in [4.69, 9.17) is 9.72 Å². The number of tetrazole rings is 1. The molecule has 0 aliphatic carbocycles. The lowest BCUT2D eigenvalue weighted by Gasteiger charge is -2.34. The molecule has 38 heavy (non-hydrogen) atoms. The van der Waals surface area contributed by atoms with Gasteiger partial charge in [0.1, 0.15) is 5.82 Å². The van der Waals surface area contributed by atoms with E-state index < -0.39 is 11.6 Å². The van der Waals surface area contributed by atoms with E-state index in [0.717, 1.165) is 44.6 Å². The van der Waals surface area contributed by atoms with E-state index in [1.54, 1.807) is 25.2 Å². The molecule has 198 valence electrons. The number of ether oxygens (including phenoxy) is 1. The van der Waals surface area contributed by atoms with Crippen LogP contribution in [0.25, 0.3) is 22.5 Å². The number of rotatable bonds is 8. The third kappa shape index (κ3) is 5.51. The Bertz CT molecular complexity index is 1390. The standard InChI is InChI=1S/C29H32F2N6O/c1-4-19-13-21(5-2)29(32-17-19)37-11-9-20(10-12-37)18-38-27-25(30)15-24(16-26(27)31)22-7-6-8-23(14-22)28-33-35-36(3)34-28/h6-8,13-17,20H,4-5,9-12,18H2,1-3H3. The van der Waals surface area contributed by atoms with Crippen molar-refractivity contribution in [3.63, 3.8) is 0 Å². The summed E-state index contributed by atoms with van der Waals surface area (Å²) >= 11 is 0. The van der Waals surface area contributed by atoms with Crippen molar-refractivity contribution in [1.82, 2.24) is 25.2 Å². The molecule has 0 amide bonds. The predicted octanol–water partition coefficient (Wildman–Crippen LogP) is 5.64. The fraction of sp³-hybridized carbons (Fsp3) is 0.379. The second-order valence-electron chi connectivity index (χ2n) is 9.73. The van der Waals surface area contributed by atoms with Crippen LogP contribution < -0.4 is 9.64 Å². The first-order chi connectivity index (χ1) is 18.4. The van der Waals surface area contributed by atoms with Gasteiger partial charge in [0.25, 0.3) is 0 Å². The Hall–Kier alpha value is -3.88. The van der Waals surface area contributed by atoms with Gasteiger partial charge in [-0.3, -0.25) is 0 Å². The van der Waals surface area contributed by atoms with E-state index in [-0.39, 0.29) is 18.3 Å². The molecule has 0 saturated carbocycles. The number of benzene rings is 2. The van der Waals surface area contributed by atoms with Gasteiger partial charge in [0.15, 0.2) is 17.4 Å². The maximum Gasteiger partial charge on any atom is 0.204 e. The Morgan fingerprint density at radius 3 is 2.34 bits per heavy atom. The van der Waals surface area contributed by atoms with E-state index in [1.165, 1.54) is 28.1 Å². The van der Waals surface area contributed by atoms with Crippen LogP contribution in [-0.2, 0) is 19.9 Å². The molecule has 0 spiro atoms. The van der Waals surface area contributed by atoms with E-state index in [2.05, 4.69) is 40.2 Å². The van der Waals surface area contributed by atoms with Gasteiger partial charge in [0.2, 0.25) is 5.82 Å². The number of aryl methyl sites for hydroxylation is 3. The number of pyridine rings is 1. The van der Waals surface area contributed by atoms with Crippen molar-refractivity contribution in [3.8, 4) is 28.3 Å². The van der Waals surface area contributed by atoms with Gasteiger partial charge in [-0.25, -0.2) is 13.8 Å². The van der Waals surface area contributed by atoms with Crippen LogP contribution in [0.4, 0.5) is 14.6 Å². The van der Waals surface area contributed by atoms with Gasteiger partial charge in [-0.1, -0.05) is 38.1 Å². The summed E-state index contributed by atoms with van der Waals surface area (Å²) in [5.74, 6) is -0.0349. The van der Waals surface area contributed by atoms with Gasteiger partial charge >= 0.3 is 0 Å². The number of aromatic nitrogens is 5. The Morgan fingerprint density at radius 1 is 0.947 bits per heavy atom. The van der Waals surface area contributed by atoms with E-state index in [1.807, 2.05) is 12.3 Å². The molecule has 5 rings (SSSR count). The number of halogens is 2. The Balaban J connectivity index is 1.22. The summed E-state index contributed by atoms with van der Waals surface area (Å²) in [6.45, 7) is 6.26. The summed E-state index contributed by atoms with van der Waals surface area (Å²) in [7, 11) is 1.68. The molecule has 3 heterocycles. The van der Waals surface area contributed by atoms with Gasteiger partial charge in [0.05, 0.1) is 13.7 Å². The van der Waals surface area contributed by atoms with Crippen molar-refractivity contribution in [3.05, 3.63) is 71.4 Å². The van der Waals surface area contributed by atoms with E-state index >= 15 is 0 Å². The molecule has 1 aliphatic heterocycles. The first-order valence-corrected chi connectivity index (χ1v) is 13.1. The molecule has 0 unspecified atom stereocenters. The molecule has 0 N–H and O–H groups in total. The van der Waals surface area contributed by atoms with Crippen molar-refractivity contribution in [2.45, 2.75) is 39.5 Å². The molecule has 0 bridgehead atoms. The van der Waals surface area contributed by atoms with Crippen molar-refractivity contribution in [2.75, 3.05) is 24.6 Å². The molecule has 7 nitrogen and oxygen atoms in total. The van der Waals surface area contributed by atoms with Gasteiger partial charge < -0.3 is 9.64 Å². The third-order valence-electron chi connectivity index (χ3n) is 7.13. The molecule has 1 saturated heterocycles. The summed E-state index contributed by atoms with van der Waals surface area (Å²) in [5.41, 5.74) is 4.30. The zero-order valence-corrected chi connectivity index (χ0v) is 22.0. The zero-order chi connectivity index (χ0) is 26.6. The summed E-state index contributed by atoms with van der Waals surface area (Å²) in [6.07, 6.45) is 5.63. The lowest BCUT2D eigenvalue weighted by molar-refractivity contribution is 0.207. The highest BCUT2D eigenvalue weighted by Crippen LogP contribution is 2.32. The van der Waals surface area contributed by atoms with Crippen LogP contribution >= 0.6 is 0 Å². The van der Waals surface area contributed by atoms with Gasteiger partial charge in [-0.05, 0) is 77.3 Å². The fourth-order valence-corrected chi connectivity index (χ4v) is 4.91. The summed E-state index contributed by atoms with van der Waals surface area (Å²) < 4.78 is 35.7. The number of piperidine rings is 1. The van der Waals surface area contributed by atoms with E-state index in [0.29, 0.717) is 22.5 Å². The van der Waals surface area contributed by atoms with Gasteiger partial charge in [-0.15, -0.1) is 10.2 Å². The van der Waals surface area contributed by atoms with Crippen LogP contribution in [0.15, 0.2) is 48.7 Å². The second-order valence-corrected chi connectivity index (χ2v) is 9.73. The zero-order valence-electron chi connectivity index (χ0n) is 22.0. The highest BCUT2D eigenvalue weighted by atomic mass is 19.1. The van der Waals surface area contributed by atoms with Crippen LogP contribution in [0.1, 0.15) is 37.8 Å². The third-order valence-corrected chi connectivity index (χ3v) is 7.13. The highest BCUT2D eigenvalue weighted by Gasteiger charge is 2.24. The fourth-order valence-electron chi connectivity index (χ4n) is 4.91. The minimum Gasteiger partial charge on any atom is -0.487 e. The minimum atomic E-state index is -0.715. The van der Waals surface area contributed by atoms with Crippen LogP contribution in [-0.4, -0.2) is 44.9 Å². The predicted molar refractivity (Wildman–Crippen MR) is 143 cm³/mol. The van der Waals surface area contributed by atoms with Gasteiger partial charge in [-0.2, -0.15) is 4.80 Å². The lowest BCUT2D eigenvalue weighted by atomic mass is 9.97. The van der Waals surface area contributed by atoms with Crippen molar-refractivity contribution >= 4 is 5.82 Å². The van der Waals surface area contributed by atoms with Gasteiger partial charge in [0, 0.05) is 24.8 Å². The molecule has 2 aromatic heterocycles. The lowest BCUT2D eigenvalue weighted by Crippen LogP contribution is -2.36. The topological polar surface area (TPSA) is 69.0 Å². The molecular weight excluding hydrogens is 486 g/mol. The summed E-state index contributed by atoms with van der Waals surface area (Å²) in [6, 6.07) is 12.1. The van der Waals surface area contributed by atoms with Crippen molar-refractivity contribution < 1.29 is 13.5 Å². The molecule has 1 fully saturated rings. The molecule has 0 radical (unpaired) electrons. The number of anilines is 1. The maximum absolute atomic E-state index is 15.0.